The van der Waals surface area contributed by atoms with Crippen LogP contribution < -0.4 is 16.0 Å². The largest absolute Gasteiger partial charge is 0.497 e. The predicted molar refractivity (Wildman–Crippen MR) is 163 cm³/mol. The van der Waals surface area contributed by atoms with Crippen molar-refractivity contribution in [2.24, 2.45) is 0 Å². The summed E-state index contributed by atoms with van der Waals surface area (Å²) in [6.07, 6.45) is -0.424. The first-order chi connectivity index (χ1) is 20.9. The first-order valence-electron chi connectivity index (χ1n) is 14.7. The highest BCUT2D eigenvalue weighted by atomic mass is 16.5. The van der Waals surface area contributed by atoms with Crippen LogP contribution >= 0.6 is 0 Å². The molecule has 0 saturated carbocycles. The molecule has 9 heteroatoms. The van der Waals surface area contributed by atoms with E-state index in [0.29, 0.717) is 44.0 Å². The van der Waals surface area contributed by atoms with E-state index in [9.17, 15) is 14.7 Å². The second-order valence-corrected chi connectivity index (χ2v) is 11.2. The van der Waals surface area contributed by atoms with Gasteiger partial charge in [0.15, 0.2) is 6.23 Å². The monoisotopic (exact) mass is 583 g/mol. The maximum absolute atomic E-state index is 13.1. The molecular weight excluding hydrogens is 546 g/mol. The summed E-state index contributed by atoms with van der Waals surface area (Å²) in [5.74, 6) is 0.714. The highest BCUT2D eigenvalue weighted by Gasteiger charge is 2.52. The van der Waals surface area contributed by atoms with E-state index in [4.69, 9.17) is 14.2 Å². The average molecular weight is 584 g/mol. The molecule has 1 aromatic heterocycles. The Labute approximate surface area is 250 Å². The average Bonchev–Trinajstić information content (AvgIpc) is 3.50. The standard InChI is InChI=1S/C34H37N3O6/c1-23-22-37(33(40)35-31(23)39)32-28(36-17-19-42-20-18-36)21-29(43-32)30(38)34(24-9-5-3-6-10-24,25-11-7-4-8-12-25)26-13-15-27(41-2)16-14-26/h3-16,22,28-30,32,38H,17-21H2,1-2H3,(H,35,39,40)/t28?,29-,30?,32+/m0/s1. The van der Waals surface area contributed by atoms with Crippen molar-refractivity contribution in [3.05, 3.63) is 134 Å². The van der Waals surface area contributed by atoms with Gasteiger partial charge in [-0.3, -0.25) is 19.2 Å². The molecule has 0 aliphatic carbocycles. The molecule has 2 N–H and O–H groups in total. The molecule has 2 aliphatic heterocycles. The molecule has 2 saturated heterocycles. The fraction of sp³-hybridized carbons (Fsp3) is 0.353. The number of hydrogen-bond acceptors (Lipinski definition) is 7. The third-order valence-corrected chi connectivity index (χ3v) is 8.85. The number of morpholine rings is 1. The number of aliphatic hydroxyl groups excluding tert-OH is 1. The van der Waals surface area contributed by atoms with E-state index in [1.54, 1.807) is 20.2 Å². The van der Waals surface area contributed by atoms with Crippen molar-refractivity contribution in [2.75, 3.05) is 33.4 Å². The first kappa shape index (κ1) is 29.1. The Kier molecular flexibility index (Phi) is 8.32. The van der Waals surface area contributed by atoms with Gasteiger partial charge in [-0.05, 0) is 42.2 Å². The number of aromatic amines is 1. The van der Waals surface area contributed by atoms with Crippen LogP contribution in [0, 0.1) is 6.92 Å². The number of aryl methyl sites for hydroxylation is 1. The van der Waals surface area contributed by atoms with Gasteiger partial charge in [-0.15, -0.1) is 0 Å². The van der Waals surface area contributed by atoms with Crippen molar-refractivity contribution in [1.82, 2.24) is 14.5 Å². The van der Waals surface area contributed by atoms with Gasteiger partial charge in [0.25, 0.3) is 5.56 Å². The number of aliphatic hydroxyl groups is 1. The van der Waals surface area contributed by atoms with E-state index in [0.717, 1.165) is 16.7 Å². The fourth-order valence-corrected chi connectivity index (χ4v) is 6.69. The van der Waals surface area contributed by atoms with Crippen LogP contribution in [-0.4, -0.2) is 71.2 Å². The summed E-state index contributed by atoms with van der Waals surface area (Å²) < 4.78 is 19.3. The Bertz CT molecular complexity index is 1590. The molecule has 4 aromatic rings. The summed E-state index contributed by atoms with van der Waals surface area (Å²) in [6.45, 7) is 4.15. The van der Waals surface area contributed by atoms with Gasteiger partial charge in [-0.1, -0.05) is 72.8 Å². The summed E-state index contributed by atoms with van der Waals surface area (Å²) >= 11 is 0. The molecule has 2 aliphatic rings. The van der Waals surface area contributed by atoms with E-state index >= 15 is 0 Å². The lowest BCUT2D eigenvalue weighted by Crippen LogP contribution is -2.49. The second kappa shape index (κ2) is 12.3. The van der Waals surface area contributed by atoms with E-state index < -0.39 is 35.1 Å². The maximum Gasteiger partial charge on any atom is 0.330 e. The number of benzene rings is 3. The van der Waals surface area contributed by atoms with E-state index in [-0.39, 0.29) is 6.04 Å². The van der Waals surface area contributed by atoms with Gasteiger partial charge in [0.05, 0.1) is 44.0 Å². The third-order valence-electron chi connectivity index (χ3n) is 8.85. The van der Waals surface area contributed by atoms with Gasteiger partial charge in [-0.25, -0.2) is 4.79 Å². The molecule has 0 amide bonds. The van der Waals surface area contributed by atoms with Crippen LogP contribution in [0.15, 0.2) is 101 Å². The zero-order valence-electron chi connectivity index (χ0n) is 24.4. The highest BCUT2D eigenvalue weighted by molar-refractivity contribution is 5.53. The van der Waals surface area contributed by atoms with Crippen LogP contribution in [0.25, 0.3) is 0 Å². The fourth-order valence-electron chi connectivity index (χ4n) is 6.69. The van der Waals surface area contributed by atoms with Gasteiger partial charge < -0.3 is 19.3 Å². The van der Waals surface area contributed by atoms with Crippen molar-refractivity contribution in [3.8, 4) is 5.75 Å². The number of H-pyrrole nitrogens is 1. The number of ether oxygens (including phenoxy) is 3. The quantitative estimate of drug-likeness (QED) is 0.307. The van der Waals surface area contributed by atoms with Crippen LogP contribution in [0.1, 0.15) is 34.9 Å². The third kappa shape index (κ3) is 5.34. The van der Waals surface area contributed by atoms with Crippen molar-refractivity contribution in [3.63, 3.8) is 0 Å². The maximum atomic E-state index is 13.1. The SMILES string of the molecule is COc1ccc(C(c2ccccc2)(c2ccccc2)C(O)[C@@H]2CC(N3CCOCC3)[C@H](n3cc(C)c(=O)[nH]c3=O)O2)cc1. The van der Waals surface area contributed by atoms with Crippen molar-refractivity contribution in [2.45, 2.75) is 43.2 Å². The summed E-state index contributed by atoms with van der Waals surface area (Å²) in [5.41, 5.74) is 1.12. The van der Waals surface area contributed by atoms with Crippen LogP contribution in [0.5, 0.6) is 5.75 Å². The zero-order chi connectivity index (χ0) is 30.0. The van der Waals surface area contributed by atoms with Crippen molar-refractivity contribution < 1.29 is 19.3 Å². The van der Waals surface area contributed by atoms with Crippen LogP contribution in [-0.2, 0) is 14.9 Å². The van der Waals surface area contributed by atoms with Crippen LogP contribution in [0.2, 0.25) is 0 Å². The molecule has 4 atom stereocenters. The van der Waals surface area contributed by atoms with Gasteiger partial charge in [-0.2, -0.15) is 0 Å². The molecule has 3 aromatic carbocycles. The first-order valence-corrected chi connectivity index (χ1v) is 14.7. The molecule has 9 nitrogen and oxygen atoms in total. The lowest BCUT2D eigenvalue weighted by Gasteiger charge is -2.42. The van der Waals surface area contributed by atoms with Gasteiger partial charge in [0.1, 0.15) is 5.75 Å². The number of rotatable bonds is 8. The topological polar surface area (TPSA) is 106 Å². The Morgan fingerprint density at radius 2 is 1.49 bits per heavy atom. The minimum absolute atomic E-state index is 0.230. The number of nitrogens with one attached hydrogen (secondary N) is 1. The van der Waals surface area contributed by atoms with E-state index in [1.165, 1.54) is 4.57 Å². The van der Waals surface area contributed by atoms with Crippen molar-refractivity contribution in [1.29, 1.82) is 0 Å². The summed E-state index contributed by atoms with van der Waals surface area (Å²) in [7, 11) is 1.63. The summed E-state index contributed by atoms with van der Waals surface area (Å²) in [6, 6.07) is 27.5. The van der Waals surface area contributed by atoms with E-state index in [2.05, 4.69) is 9.88 Å². The molecule has 2 fully saturated rings. The molecule has 0 radical (unpaired) electrons. The Hall–Kier alpha value is -4.02. The molecule has 0 spiro atoms. The van der Waals surface area contributed by atoms with Crippen molar-refractivity contribution >= 4 is 0 Å². The molecule has 6 rings (SSSR count). The van der Waals surface area contributed by atoms with Gasteiger partial charge in [0, 0.05) is 24.8 Å². The van der Waals surface area contributed by atoms with Crippen LogP contribution in [0.4, 0.5) is 0 Å². The number of methoxy groups -OCH3 is 1. The molecule has 43 heavy (non-hydrogen) atoms. The smallest absolute Gasteiger partial charge is 0.330 e. The summed E-state index contributed by atoms with van der Waals surface area (Å²) in [4.78, 5) is 30.0. The number of hydrogen-bond donors (Lipinski definition) is 2. The lowest BCUT2D eigenvalue weighted by atomic mass is 9.64. The molecule has 3 heterocycles. The lowest BCUT2D eigenvalue weighted by molar-refractivity contribution is -0.0887. The molecule has 0 bridgehead atoms. The number of aromatic nitrogens is 2. The minimum atomic E-state index is -1.06. The minimum Gasteiger partial charge on any atom is -0.497 e. The van der Waals surface area contributed by atoms with E-state index in [1.807, 2.05) is 84.9 Å². The van der Waals surface area contributed by atoms with Crippen LogP contribution in [0.3, 0.4) is 0 Å². The van der Waals surface area contributed by atoms with Gasteiger partial charge in [0.2, 0.25) is 0 Å². The summed E-state index contributed by atoms with van der Waals surface area (Å²) in [5, 5.41) is 12.8. The normalized spacial score (nSPS) is 21.9. The molecule has 2 unspecified atom stereocenters. The molecule has 224 valence electrons. The zero-order valence-corrected chi connectivity index (χ0v) is 24.4. The molecular formula is C34H37N3O6. The predicted octanol–water partition coefficient (Wildman–Crippen LogP) is 3.24. The second-order valence-electron chi connectivity index (χ2n) is 11.2. The number of nitrogens with zero attached hydrogens (tertiary/aromatic N) is 2. The Morgan fingerprint density at radius 1 is 0.907 bits per heavy atom. The highest BCUT2D eigenvalue weighted by Crippen LogP contribution is 2.47. The Morgan fingerprint density at radius 3 is 2.07 bits per heavy atom. The Balaban J connectivity index is 1.51. The van der Waals surface area contributed by atoms with Gasteiger partial charge >= 0.3 is 5.69 Å².